The molecule has 5 nitrogen and oxygen atoms in total. The van der Waals surface area contributed by atoms with Gasteiger partial charge in [-0.15, -0.1) is 24.0 Å². The van der Waals surface area contributed by atoms with Crippen LogP contribution in [0.3, 0.4) is 0 Å². The van der Waals surface area contributed by atoms with Gasteiger partial charge in [-0.05, 0) is 37.1 Å². The Kier molecular flexibility index (Phi) is 7.49. The quantitative estimate of drug-likeness (QED) is 0.417. The molecule has 0 saturated carbocycles. The minimum atomic E-state index is 0. The minimum Gasteiger partial charge on any atom is -0.366 e. The number of para-hydroxylation sites is 1. The van der Waals surface area contributed by atoms with Gasteiger partial charge in [-0.1, -0.05) is 24.3 Å². The van der Waals surface area contributed by atoms with Crippen LogP contribution in [0.4, 0.5) is 5.69 Å². The number of benzene rings is 1. The van der Waals surface area contributed by atoms with Gasteiger partial charge in [-0.25, -0.2) is 0 Å². The van der Waals surface area contributed by atoms with Gasteiger partial charge in [0.1, 0.15) is 0 Å². The number of aromatic nitrogens is 1. The Labute approximate surface area is 167 Å². The molecule has 1 aromatic heterocycles. The van der Waals surface area contributed by atoms with E-state index in [1.807, 2.05) is 18.2 Å². The fourth-order valence-electron chi connectivity index (χ4n) is 3.07. The molecular weight excluding hydrogens is 425 g/mol. The zero-order chi connectivity index (χ0) is 16.8. The van der Waals surface area contributed by atoms with E-state index >= 15 is 0 Å². The molecule has 25 heavy (non-hydrogen) atoms. The number of pyridine rings is 1. The van der Waals surface area contributed by atoms with Crippen LogP contribution in [0, 0.1) is 0 Å². The molecule has 0 bridgehead atoms. The van der Waals surface area contributed by atoms with Gasteiger partial charge in [0.15, 0.2) is 5.96 Å². The molecule has 0 radical (unpaired) electrons. The van der Waals surface area contributed by atoms with Gasteiger partial charge in [0.25, 0.3) is 0 Å². The third-order valence-corrected chi connectivity index (χ3v) is 4.41. The topological polar surface area (TPSA) is 52.6 Å². The number of nitrogens with one attached hydrogen (secondary N) is 2. The number of rotatable bonds is 5. The standard InChI is InChI=1S/C19H25N5.HI/c1-15(24-12-10-16-7-3-4-9-18(16)24)13-22-19(20-2)23-14-17-8-5-6-11-21-17;/h3-9,11,15H,10,12-14H2,1-2H3,(H2,20,22,23);1H. The van der Waals surface area contributed by atoms with E-state index in [2.05, 4.69) is 56.7 Å². The molecule has 2 heterocycles. The number of halogens is 1. The zero-order valence-corrected chi connectivity index (χ0v) is 17.1. The number of hydrogen-bond donors (Lipinski definition) is 2. The average Bonchev–Trinajstić information content (AvgIpc) is 3.07. The maximum absolute atomic E-state index is 4.31. The molecule has 2 N–H and O–H groups in total. The normalized spacial score (nSPS) is 14.5. The molecule has 6 heteroatoms. The summed E-state index contributed by atoms with van der Waals surface area (Å²) >= 11 is 0. The number of guanidine groups is 1. The van der Waals surface area contributed by atoms with E-state index in [0.717, 1.165) is 31.2 Å². The molecule has 0 saturated heterocycles. The summed E-state index contributed by atoms with van der Waals surface area (Å²) in [6.07, 6.45) is 2.94. The van der Waals surface area contributed by atoms with Crippen LogP contribution in [0.2, 0.25) is 0 Å². The number of hydrogen-bond acceptors (Lipinski definition) is 3. The monoisotopic (exact) mass is 451 g/mol. The molecule has 1 unspecified atom stereocenters. The van der Waals surface area contributed by atoms with Crippen LogP contribution >= 0.6 is 24.0 Å². The van der Waals surface area contributed by atoms with Crippen molar-refractivity contribution in [2.24, 2.45) is 4.99 Å². The first-order valence-corrected chi connectivity index (χ1v) is 8.47. The van der Waals surface area contributed by atoms with E-state index in [-0.39, 0.29) is 24.0 Å². The summed E-state index contributed by atoms with van der Waals surface area (Å²) in [5.74, 6) is 0.806. The minimum absolute atomic E-state index is 0. The lowest BCUT2D eigenvalue weighted by atomic mass is 10.2. The van der Waals surface area contributed by atoms with Crippen LogP contribution in [0.15, 0.2) is 53.7 Å². The van der Waals surface area contributed by atoms with Gasteiger partial charge < -0.3 is 15.5 Å². The van der Waals surface area contributed by atoms with Crippen LogP contribution in [0.25, 0.3) is 0 Å². The van der Waals surface area contributed by atoms with Crippen molar-refractivity contribution in [3.63, 3.8) is 0 Å². The van der Waals surface area contributed by atoms with Crippen molar-refractivity contribution in [3.8, 4) is 0 Å². The number of nitrogens with zero attached hydrogens (tertiary/aromatic N) is 3. The fourth-order valence-corrected chi connectivity index (χ4v) is 3.07. The molecule has 0 aliphatic carbocycles. The highest BCUT2D eigenvalue weighted by Gasteiger charge is 2.22. The van der Waals surface area contributed by atoms with Crippen molar-refractivity contribution < 1.29 is 0 Å². The van der Waals surface area contributed by atoms with Crippen LogP contribution in [0.1, 0.15) is 18.2 Å². The Morgan fingerprint density at radius 2 is 2.00 bits per heavy atom. The first-order chi connectivity index (χ1) is 11.8. The Hall–Kier alpha value is -1.83. The first kappa shape index (κ1) is 19.5. The summed E-state index contributed by atoms with van der Waals surface area (Å²) in [4.78, 5) is 11.1. The predicted octanol–water partition coefficient (Wildman–Crippen LogP) is 2.82. The highest BCUT2D eigenvalue weighted by Crippen LogP contribution is 2.28. The smallest absolute Gasteiger partial charge is 0.191 e. The summed E-state index contributed by atoms with van der Waals surface area (Å²) in [5, 5.41) is 6.73. The lowest BCUT2D eigenvalue weighted by molar-refractivity contribution is 0.625. The molecular formula is C19H26IN5. The highest BCUT2D eigenvalue weighted by atomic mass is 127. The largest absolute Gasteiger partial charge is 0.366 e. The SMILES string of the molecule is CN=C(NCc1ccccn1)NCC(C)N1CCc2ccccc21.I. The zero-order valence-electron chi connectivity index (χ0n) is 14.8. The lowest BCUT2D eigenvalue weighted by Crippen LogP contribution is -2.45. The van der Waals surface area contributed by atoms with Crippen molar-refractivity contribution in [3.05, 3.63) is 59.9 Å². The van der Waals surface area contributed by atoms with Crippen molar-refractivity contribution in [1.29, 1.82) is 0 Å². The maximum Gasteiger partial charge on any atom is 0.191 e. The van der Waals surface area contributed by atoms with Crippen molar-refractivity contribution >= 4 is 35.6 Å². The van der Waals surface area contributed by atoms with E-state index in [1.54, 1.807) is 13.2 Å². The summed E-state index contributed by atoms with van der Waals surface area (Å²) in [6, 6.07) is 15.0. The third-order valence-electron chi connectivity index (χ3n) is 4.41. The van der Waals surface area contributed by atoms with Crippen LogP contribution in [-0.2, 0) is 13.0 Å². The number of fused-ring (bicyclic) bond motifs is 1. The molecule has 1 aromatic carbocycles. The van der Waals surface area contributed by atoms with Crippen molar-refractivity contribution in [2.75, 3.05) is 25.0 Å². The van der Waals surface area contributed by atoms with Gasteiger partial charge in [-0.2, -0.15) is 0 Å². The first-order valence-electron chi connectivity index (χ1n) is 8.47. The van der Waals surface area contributed by atoms with Gasteiger partial charge in [0.2, 0.25) is 0 Å². The summed E-state index contributed by atoms with van der Waals surface area (Å²) in [6.45, 7) is 4.85. The molecule has 1 atom stereocenters. The van der Waals surface area contributed by atoms with Gasteiger partial charge >= 0.3 is 0 Å². The average molecular weight is 451 g/mol. The van der Waals surface area contributed by atoms with E-state index in [9.17, 15) is 0 Å². The Bertz CT molecular complexity index is 689. The summed E-state index contributed by atoms with van der Waals surface area (Å²) in [5.41, 5.74) is 3.81. The van der Waals surface area contributed by atoms with E-state index in [4.69, 9.17) is 0 Å². The van der Waals surface area contributed by atoms with Crippen LogP contribution in [-0.4, -0.2) is 37.1 Å². The van der Waals surface area contributed by atoms with E-state index in [1.165, 1.54) is 11.3 Å². The number of aliphatic imine (C=N–C) groups is 1. The predicted molar refractivity (Wildman–Crippen MR) is 115 cm³/mol. The maximum atomic E-state index is 4.31. The van der Waals surface area contributed by atoms with Crippen LogP contribution in [0.5, 0.6) is 0 Å². The van der Waals surface area contributed by atoms with E-state index < -0.39 is 0 Å². The second-order valence-corrected chi connectivity index (χ2v) is 6.05. The molecule has 2 aromatic rings. The molecule has 0 spiro atoms. The molecule has 1 aliphatic heterocycles. The second-order valence-electron chi connectivity index (χ2n) is 6.05. The van der Waals surface area contributed by atoms with Gasteiger partial charge in [-0.3, -0.25) is 9.98 Å². The molecule has 134 valence electrons. The summed E-state index contributed by atoms with van der Waals surface area (Å²) < 4.78 is 0. The molecule has 3 rings (SSSR count). The van der Waals surface area contributed by atoms with Crippen molar-refractivity contribution in [2.45, 2.75) is 25.9 Å². The molecule has 1 aliphatic rings. The van der Waals surface area contributed by atoms with E-state index in [0.29, 0.717) is 12.6 Å². The molecule has 0 fully saturated rings. The van der Waals surface area contributed by atoms with Gasteiger partial charge in [0.05, 0.1) is 12.2 Å². The third kappa shape index (κ3) is 5.07. The van der Waals surface area contributed by atoms with Crippen LogP contribution < -0.4 is 15.5 Å². The molecule has 0 amide bonds. The lowest BCUT2D eigenvalue weighted by Gasteiger charge is -2.28. The number of anilines is 1. The van der Waals surface area contributed by atoms with Gasteiger partial charge in [0, 0.05) is 38.1 Å². The Balaban J connectivity index is 0.00000225. The van der Waals surface area contributed by atoms with Crippen molar-refractivity contribution in [1.82, 2.24) is 15.6 Å². The Morgan fingerprint density at radius 3 is 2.76 bits per heavy atom. The fraction of sp³-hybridized carbons (Fsp3) is 0.368. The Morgan fingerprint density at radius 1 is 1.20 bits per heavy atom. The summed E-state index contributed by atoms with van der Waals surface area (Å²) in [7, 11) is 1.80. The highest BCUT2D eigenvalue weighted by molar-refractivity contribution is 14.0. The second kappa shape index (κ2) is 9.60.